The van der Waals surface area contributed by atoms with Crippen molar-refractivity contribution in [1.82, 2.24) is 9.55 Å². The summed E-state index contributed by atoms with van der Waals surface area (Å²) in [5, 5.41) is 4.18. The summed E-state index contributed by atoms with van der Waals surface area (Å²) in [6, 6.07) is 8.99. The lowest BCUT2D eigenvalue weighted by Crippen LogP contribution is -2.18. The van der Waals surface area contributed by atoms with Gasteiger partial charge in [-0.05, 0) is 35.6 Å². The molecule has 1 aromatic carbocycles. The highest BCUT2D eigenvalue weighted by Crippen LogP contribution is 2.31. The smallest absolute Gasteiger partial charge is 0.250 e. The van der Waals surface area contributed by atoms with Gasteiger partial charge in [0.2, 0.25) is 6.41 Å². The number of anilines is 2. The topological polar surface area (TPSA) is 90.0 Å². The van der Waals surface area contributed by atoms with Gasteiger partial charge in [-0.15, -0.1) is 0 Å². The number of nitrogen functional groups attached to an aromatic ring is 1. The lowest BCUT2D eigenvalue weighted by atomic mass is 9.99. The van der Waals surface area contributed by atoms with E-state index in [-0.39, 0.29) is 5.56 Å². The fourth-order valence-electron chi connectivity index (χ4n) is 2.91. The minimum Gasteiger partial charge on any atom is -0.398 e. The standard InChI is InChI=1S/C18H18N4O2/c1-3-11-4-5-17(24)22(2)18(11)13-6-12-8-16(21-10-23)20-9-14(12)15(19)7-13/h4-10H,3,19H2,1-2H3,(H,20,21,23). The van der Waals surface area contributed by atoms with Gasteiger partial charge in [-0.2, -0.15) is 0 Å². The van der Waals surface area contributed by atoms with Gasteiger partial charge in [0.1, 0.15) is 5.82 Å². The van der Waals surface area contributed by atoms with Gasteiger partial charge in [-0.3, -0.25) is 9.59 Å². The van der Waals surface area contributed by atoms with Crippen molar-refractivity contribution in [2.75, 3.05) is 11.1 Å². The molecule has 0 saturated heterocycles. The molecule has 6 nitrogen and oxygen atoms in total. The van der Waals surface area contributed by atoms with Gasteiger partial charge in [0.05, 0.1) is 5.69 Å². The number of hydrogen-bond acceptors (Lipinski definition) is 4. The predicted molar refractivity (Wildman–Crippen MR) is 95.9 cm³/mol. The number of rotatable bonds is 4. The first-order valence-electron chi connectivity index (χ1n) is 7.64. The van der Waals surface area contributed by atoms with E-state index in [1.54, 1.807) is 29.9 Å². The van der Waals surface area contributed by atoms with Crippen molar-refractivity contribution in [3.05, 3.63) is 52.4 Å². The molecule has 122 valence electrons. The summed E-state index contributed by atoms with van der Waals surface area (Å²) in [7, 11) is 1.75. The Morgan fingerprint density at radius 2 is 2.08 bits per heavy atom. The SMILES string of the molecule is CCc1ccc(=O)n(C)c1-c1cc(N)c2cnc(NC=O)cc2c1. The van der Waals surface area contributed by atoms with Gasteiger partial charge < -0.3 is 15.6 Å². The van der Waals surface area contributed by atoms with E-state index < -0.39 is 0 Å². The summed E-state index contributed by atoms with van der Waals surface area (Å²) in [6.45, 7) is 2.05. The molecule has 2 heterocycles. The number of carbonyl (C=O) groups excluding carboxylic acids is 1. The van der Waals surface area contributed by atoms with Gasteiger partial charge in [-0.1, -0.05) is 13.0 Å². The van der Waals surface area contributed by atoms with E-state index in [9.17, 15) is 9.59 Å². The summed E-state index contributed by atoms with van der Waals surface area (Å²) in [5.41, 5.74) is 9.46. The quantitative estimate of drug-likeness (QED) is 0.570. The Morgan fingerprint density at radius 3 is 2.79 bits per heavy atom. The van der Waals surface area contributed by atoms with E-state index in [0.717, 1.165) is 34.0 Å². The number of aryl methyl sites for hydroxylation is 1. The second kappa shape index (κ2) is 6.16. The number of fused-ring (bicyclic) bond motifs is 1. The molecule has 3 aromatic rings. The van der Waals surface area contributed by atoms with Gasteiger partial charge in [-0.25, -0.2) is 4.98 Å². The Kier molecular flexibility index (Phi) is 4.04. The molecule has 6 heteroatoms. The summed E-state index contributed by atoms with van der Waals surface area (Å²) in [5.74, 6) is 0.451. The molecule has 1 amide bonds. The number of carbonyl (C=O) groups is 1. The molecule has 0 fully saturated rings. The minimum absolute atomic E-state index is 0.0705. The first kappa shape index (κ1) is 15.7. The number of amides is 1. The number of nitrogens with two attached hydrogens (primary N) is 1. The Balaban J connectivity index is 2.29. The van der Waals surface area contributed by atoms with Crippen molar-refractivity contribution < 1.29 is 4.79 Å². The molecular formula is C18H18N4O2. The summed E-state index contributed by atoms with van der Waals surface area (Å²) in [4.78, 5) is 26.8. The second-order valence-electron chi connectivity index (χ2n) is 5.58. The minimum atomic E-state index is -0.0705. The summed E-state index contributed by atoms with van der Waals surface area (Å²) in [6.07, 6.45) is 3.01. The van der Waals surface area contributed by atoms with Crippen LogP contribution in [0.4, 0.5) is 11.5 Å². The van der Waals surface area contributed by atoms with Crippen LogP contribution in [0.1, 0.15) is 12.5 Å². The van der Waals surface area contributed by atoms with Crippen molar-refractivity contribution in [1.29, 1.82) is 0 Å². The van der Waals surface area contributed by atoms with Crippen LogP contribution in [0, 0.1) is 0 Å². The van der Waals surface area contributed by atoms with Crippen LogP contribution in [0.2, 0.25) is 0 Å². The Hall–Kier alpha value is -3.15. The average molecular weight is 322 g/mol. The van der Waals surface area contributed by atoms with Gasteiger partial charge in [0.25, 0.3) is 5.56 Å². The lowest BCUT2D eigenvalue weighted by molar-refractivity contribution is -0.105. The van der Waals surface area contributed by atoms with Crippen LogP contribution >= 0.6 is 0 Å². The fourth-order valence-corrected chi connectivity index (χ4v) is 2.91. The van der Waals surface area contributed by atoms with E-state index >= 15 is 0 Å². The molecular weight excluding hydrogens is 304 g/mol. The Morgan fingerprint density at radius 1 is 1.29 bits per heavy atom. The van der Waals surface area contributed by atoms with Crippen LogP contribution < -0.4 is 16.6 Å². The van der Waals surface area contributed by atoms with Crippen molar-refractivity contribution >= 4 is 28.7 Å². The third kappa shape index (κ3) is 2.62. The van der Waals surface area contributed by atoms with Gasteiger partial charge in [0, 0.05) is 35.9 Å². The molecule has 0 unspecified atom stereocenters. The van der Waals surface area contributed by atoms with Gasteiger partial charge >= 0.3 is 0 Å². The van der Waals surface area contributed by atoms with Crippen LogP contribution in [0.25, 0.3) is 22.0 Å². The van der Waals surface area contributed by atoms with Crippen LogP contribution in [-0.4, -0.2) is 16.0 Å². The van der Waals surface area contributed by atoms with E-state index in [0.29, 0.717) is 17.9 Å². The average Bonchev–Trinajstić information content (AvgIpc) is 2.57. The van der Waals surface area contributed by atoms with Crippen molar-refractivity contribution in [3.63, 3.8) is 0 Å². The number of nitrogens with one attached hydrogen (secondary N) is 1. The zero-order valence-corrected chi connectivity index (χ0v) is 13.5. The number of aromatic nitrogens is 2. The molecule has 0 aliphatic rings. The van der Waals surface area contributed by atoms with Crippen LogP contribution in [0.3, 0.4) is 0 Å². The van der Waals surface area contributed by atoms with Crippen molar-refractivity contribution in [2.24, 2.45) is 7.05 Å². The molecule has 0 radical (unpaired) electrons. The molecule has 0 spiro atoms. The first-order chi connectivity index (χ1) is 11.5. The fraction of sp³-hybridized carbons (Fsp3) is 0.167. The maximum atomic E-state index is 12.0. The summed E-state index contributed by atoms with van der Waals surface area (Å²) < 4.78 is 1.63. The monoisotopic (exact) mass is 322 g/mol. The Bertz CT molecular complexity index is 992. The van der Waals surface area contributed by atoms with Crippen molar-refractivity contribution in [3.8, 4) is 11.3 Å². The zero-order chi connectivity index (χ0) is 17.3. The Labute approximate surface area is 138 Å². The van der Waals surface area contributed by atoms with E-state index in [2.05, 4.69) is 10.3 Å². The largest absolute Gasteiger partial charge is 0.398 e. The first-order valence-corrected chi connectivity index (χ1v) is 7.64. The molecule has 3 rings (SSSR count). The predicted octanol–water partition coefficient (Wildman–Crippen LogP) is 2.31. The van der Waals surface area contributed by atoms with Crippen LogP contribution in [0.5, 0.6) is 0 Å². The number of benzene rings is 1. The zero-order valence-electron chi connectivity index (χ0n) is 13.5. The molecule has 2 aromatic heterocycles. The highest BCUT2D eigenvalue weighted by atomic mass is 16.1. The van der Waals surface area contributed by atoms with E-state index in [4.69, 9.17) is 5.73 Å². The maximum Gasteiger partial charge on any atom is 0.250 e. The number of hydrogen-bond donors (Lipinski definition) is 2. The molecule has 0 bridgehead atoms. The van der Waals surface area contributed by atoms with E-state index in [1.165, 1.54) is 0 Å². The molecule has 0 aliphatic carbocycles. The summed E-state index contributed by atoms with van der Waals surface area (Å²) >= 11 is 0. The third-order valence-corrected chi connectivity index (χ3v) is 4.13. The molecule has 0 saturated carbocycles. The van der Waals surface area contributed by atoms with Crippen LogP contribution in [-0.2, 0) is 18.3 Å². The third-order valence-electron chi connectivity index (χ3n) is 4.13. The van der Waals surface area contributed by atoms with Crippen LogP contribution in [0.15, 0.2) is 41.3 Å². The number of pyridine rings is 2. The molecule has 0 aliphatic heterocycles. The normalized spacial score (nSPS) is 10.8. The highest BCUT2D eigenvalue weighted by molar-refractivity contribution is 5.97. The van der Waals surface area contributed by atoms with Gasteiger partial charge in [0.15, 0.2) is 0 Å². The second-order valence-corrected chi connectivity index (χ2v) is 5.58. The van der Waals surface area contributed by atoms with Crippen molar-refractivity contribution in [2.45, 2.75) is 13.3 Å². The highest BCUT2D eigenvalue weighted by Gasteiger charge is 2.12. The number of nitrogens with zero attached hydrogens (tertiary/aromatic N) is 2. The lowest BCUT2D eigenvalue weighted by Gasteiger charge is -2.15. The molecule has 24 heavy (non-hydrogen) atoms. The van der Waals surface area contributed by atoms with E-state index in [1.807, 2.05) is 25.1 Å². The molecule has 3 N–H and O–H groups in total. The molecule has 0 atom stereocenters. The maximum absolute atomic E-state index is 12.0.